The highest BCUT2D eigenvalue weighted by molar-refractivity contribution is 5.90. The predicted octanol–water partition coefficient (Wildman–Crippen LogP) is 8.38. The molecule has 0 saturated heterocycles. The summed E-state index contributed by atoms with van der Waals surface area (Å²) in [5.74, 6) is 1.01. The molecule has 5 aromatic carbocycles. The number of H-pyrrole nitrogens is 1. The topological polar surface area (TPSA) is 45.2 Å². The Morgan fingerprint density at radius 1 is 0.725 bits per heavy atom. The summed E-state index contributed by atoms with van der Waals surface area (Å²) in [4.78, 5) is 3.93. The summed E-state index contributed by atoms with van der Waals surface area (Å²) in [6.45, 7) is 4.31. The molecule has 196 valence electrons. The van der Waals surface area contributed by atoms with E-state index in [2.05, 4.69) is 110 Å². The smallest absolute Gasteiger partial charge is 0.118 e. The Bertz CT molecular complexity index is 1830. The van der Waals surface area contributed by atoms with Gasteiger partial charge in [-0.05, 0) is 77.6 Å². The Kier molecular flexibility index (Phi) is 5.57. The van der Waals surface area contributed by atoms with Crippen LogP contribution >= 0.6 is 0 Å². The highest BCUT2D eigenvalue weighted by atomic mass is 16.5. The van der Waals surface area contributed by atoms with Crippen molar-refractivity contribution in [1.82, 2.24) is 4.98 Å². The average Bonchev–Trinajstić information content (AvgIpc) is 3.35. The summed E-state index contributed by atoms with van der Waals surface area (Å²) in [5.41, 5.74) is 11.1. The lowest BCUT2D eigenvalue weighted by Crippen LogP contribution is -2.37. The lowest BCUT2D eigenvalue weighted by molar-refractivity contribution is 0.414. The molecule has 40 heavy (non-hydrogen) atoms. The van der Waals surface area contributed by atoms with Crippen molar-refractivity contribution in [2.75, 3.05) is 7.11 Å². The Hall–Kier alpha value is -4.76. The number of hydrogen-bond donors (Lipinski definition) is 2. The van der Waals surface area contributed by atoms with Crippen LogP contribution in [0.2, 0.25) is 0 Å². The molecule has 3 nitrogen and oxygen atoms in total. The van der Waals surface area contributed by atoms with Gasteiger partial charge in [0, 0.05) is 22.5 Å². The van der Waals surface area contributed by atoms with Crippen molar-refractivity contribution < 1.29 is 9.84 Å². The van der Waals surface area contributed by atoms with Gasteiger partial charge in [0.1, 0.15) is 11.5 Å². The SMILES string of the molecule is COc1ccc(C2c3cc(O)ccc3C(c3cccc(C)c3)(c3cccc(C)c3)c3[nH]c4ccccc4c32)cc1. The third kappa shape index (κ3) is 3.51. The molecular weight excluding hydrogens is 490 g/mol. The van der Waals surface area contributed by atoms with E-state index in [9.17, 15) is 5.11 Å². The van der Waals surface area contributed by atoms with Crippen LogP contribution in [0.15, 0.2) is 115 Å². The van der Waals surface area contributed by atoms with E-state index in [-0.39, 0.29) is 11.7 Å². The van der Waals surface area contributed by atoms with Gasteiger partial charge in [-0.2, -0.15) is 0 Å². The number of phenolic OH excluding ortho intramolecular Hbond substituents is 1. The molecule has 1 atom stereocenters. The fourth-order valence-corrected chi connectivity index (χ4v) is 6.85. The molecule has 1 heterocycles. The fourth-order valence-electron chi connectivity index (χ4n) is 6.85. The normalized spacial score (nSPS) is 15.4. The molecule has 0 saturated carbocycles. The molecule has 0 spiro atoms. The number of aromatic amines is 1. The summed E-state index contributed by atoms with van der Waals surface area (Å²) >= 11 is 0. The minimum absolute atomic E-state index is 0.0816. The van der Waals surface area contributed by atoms with Crippen LogP contribution in [-0.4, -0.2) is 17.2 Å². The Balaban J connectivity index is 1.69. The van der Waals surface area contributed by atoms with Crippen LogP contribution in [0, 0.1) is 13.8 Å². The van der Waals surface area contributed by atoms with Crippen molar-refractivity contribution in [3.05, 3.63) is 165 Å². The second-order valence-corrected chi connectivity index (χ2v) is 10.9. The molecule has 3 heteroatoms. The summed E-state index contributed by atoms with van der Waals surface area (Å²) < 4.78 is 5.49. The molecule has 0 bridgehead atoms. The fraction of sp³-hybridized carbons (Fsp3) is 0.135. The molecule has 1 aliphatic rings. The minimum Gasteiger partial charge on any atom is -0.508 e. The molecule has 0 radical (unpaired) electrons. The standard InChI is InChI=1S/C37H31NO2/c1-23-8-6-10-26(20-23)37(27-11-7-9-24(2)21-27)32-19-16-28(39)22-31(32)34(25-14-17-29(40-3)18-15-25)35-30-12-4-5-13-33(30)38-36(35)37/h4-22,34,38-39H,1-3H3. The molecule has 1 aromatic heterocycles. The largest absolute Gasteiger partial charge is 0.508 e. The van der Waals surface area contributed by atoms with Crippen molar-refractivity contribution in [1.29, 1.82) is 0 Å². The van der Waals surface area contributed by atoms with Crippen LogP contribution in [0.3, 0.4) is 0 Å². The second-order valence-electron chi connectivity index (χ2n) is 10.9. The zero-order valence-corrected chi connectivity index (χ0v) is 22.9. The third-order valence-corrected chi connectivity index (χ3v) is 8.51. The first kappa shape index (κ1) is 24.3. The second kappa shape index (κ2) is 9.17. The van der Waals surface area contributed by atoms with Crippen molar-refractivity contribution in [3.8, 4) is 11.5 Å². The van der Waals surface area contributed by atoms with Gasteiger partial charge in [0.25, 0.3) is 0 Å². The molecule has 2 N–H and O–H groups in total. The first-order chi connectivity index (χ1) is 19.5. The lowest BCUT2D eigenvalue weighted by Gasteiger charge is -2.43. The number of ether oxygens (including phenoxy) is 1. The first-order valence-electron chi connectivity index (χ1n) is 13.7. The molecule has 1 aliphatic carbocycles. The maximum atomic E-state index is 10.9. The Labute approximate surface area is 234 Å². The van der Waals surface area contributed by atoms with Crippen LogP contribution in [0.4, 0.5) is 0 Å². The molecular formula is C37H31NO2. The van der Waals surface area contributed by atoms with Crippen LogP contribution in [0.1, 0.15) is 56.1 Å². The monoisotopic (exact) mass is 521 g/mol. The molecule has 0 amide bonds. The van der Waals surface area contributed by atoms with Gasteiger partial charge >= 0.3 is 0 Å². The number of nitrogens with one attached hydrogen (secondary N) is 1. The van der Waals surface area contributed by atoms with Crippen LogP contribution in [-0.2, 0) is 5.41 Å². The summed E-state index contributed by atoms with van der Waals surface area (Å²) in [6.07, 6.45) is 0. The van der Waals surface area contributed by atoms with Crippen molar-refractivity contribution >= 4 is 10.9 Å². The van der Waals surface area contributed by atoms with Gasteiger partial charge in [-0.15, -0.1) is 0 Å². The van der Waals surface area contributed by atoms with Crippen LogP contribution < -0.4 is 4.74 Å². The number of methoxy groups -OCH3 is 1. The van der Waals surface area contributed by atoms with Gasteiger partial charge in [0.05, 0.1) is 12.5 Å². The highest BCUT2D eigenvalue weighted by Gasteiger charge is 2.49. The molecule has 6 aromatic rings. The van der Waals surface area contributed by atoms with E-state index < -0.39 is 5.41 Å². The molecule has 1 unspecified atom stereocenters. The predicted molar refractivity (Wildman–Crippen MR) is 162 cm³/mol. The number of para-hydroxylation sites is 1. The van der Waals surface area contributed by atoms with E-state index >= 15 is 0 Å². The van der Waals surface area contributed by atoms with E-state index in [4.69, 9.17) is 4.74 Å². The summed E-state index contributed by atoms with van der Waals surface area (Å²) in [5, 5.41) is 12.1. The molecule has 0 fully saturated rings. The van der Waals surface area contributed by atoms with E-state index in [0.29, 0.717) is 0 Å². The number of hydrogen-bond acceptors (Lipinski definition) is 2. The third-order valence-electron chi connectivity index (χ3n) is 8.51. The Morgan fingerprint density at radius 2 is 1.40 bits per heavy atom. The Morgan fingerprint density at radius 3 is 2.05 bits per heavy atom. The number of rotatable bonds is 4. The van der Waals surface area contributed by atoms with Crippen molar-refractivity contribution in [2.45, 2.75) is 25.2 Å². The van der Waals surface area contributed by atoms with Crippen LogP contribution in [0.25, 0.3) is 10.9 Å². The summed E-state index contributed by atoms with van der Waals surface area (Å²) in [7, 11) is 1.69. The number of phenols is 1. The zero-order valence-electron chi connectivity index (χ0n) is 22.9. The molecule has 0 aliphatic heterocycles. The zero-order chi connectivity index (χ0) is 27.4. The molecule has 7 rings (SSSR count). The van der Waals surface area contributed by atoms with Crippen molar-refractivity contribution in [2.24, 2.45) is 0 Å². The van der Waals surface area contributed by atoms with Gasteiger partial charge in [0.2, 0.25) is 0 Å². The van der Waals surface area contributed by atoms with Gasteiger partial charge in [-0.25, -0.2) is 0 Å². The number of benzene rings is 5. The van der Waals surface area contributed by atoms with Gasteiger partial charge in [-0.3, -0.25) is 0 Å². The van der Waals surface area contributed by atoms with Crippen molar-refractivity contribution in [3.63, 3.8) is 0 Å². The number of aryl methyl sites for hydroxylation is 2. The average molecular weight is 522 g/mol. The summed E-state index contributed by atoms with van der Waals surface area (Å²) in [6, 6.07) is 40.6. The quantitative estimate of drug-likeness (QED) is 0.244. The van der Waals surface area contributed by atoms with Gasteiger partial charge in [-0.1, -0.05) is 96.1 Å². The first-order valence-corrected chi connectivity index (χ1v) is 13.7. The number of aromatic nitrogens is 1. The maximum Gasteiger partial charge on any atom is 0.118 e. The highest BCUT2D eigenvalue weighted by Crippen LogP contribution is 2.57. The minimum atomic E-state index is -0.613. The van der Waals surface area contributed by atoms with Gasteiger partial charge < -0.3 is 14.8 Å². The lowest BCUT2D eigenvalue weighted by atomic mass is 9.58. The number of aromatic hydroxyl groups is 1. The van der Waals surface area contributed by atoms with E-state index in [1.165, 1.54) is 44.5 Å². The number of fused-ring (bicyclic) bond motifs is 4. The maximum absolute atomic E-state index is 10.9. The van der Waals surface area contributed by atoms with Crippen LogP contribution in [0.5, 0.6) is 11.5 Å². The van der Waals surface area contributed by atoms with E-state index in [1.54, 1.807) is 7.11 Å². The van der Waals surface area contributed by atoms with E-state index in [1.807, 2.05) is 24.3 Å². The van der Waals surface area contributed by atoms with E-state index in [0.717, 1.165) is 22.4 Å². The van der Waals surface area contributed by atoms with Gasteiger partial charge in [0.15, 0.2) is 0 Å².